The van der Waals surface area contributed by atoms with Gasteiger partial charge in [0.1, 0.15) is 16.3 Å². The molecule has 0 spiro atoms. The molecule has 0 unspecified atom stereocenters. The summed E-state index contributed by atoms with van der Waals surface area (Å²) in [5.41, 5.74) is -2.08. The summed E-state index contributed by atoms with van der Waals surface area (Å²) < 4.78 is 26.8. The van der Waals surface area contributed by atoms with Crippen LogP contribution in [0.25, 0.3) is 0 Å². The number of fused-ring (bicyclic) bond motifs is 1. The molecule has 0 aromatic heterocycles. The molecular weight excluding hydrogens is 384 g/mol. The molecule has 1 aliphatic carbocycles. The second-order valence-corrected chi connectivity index (χ2v) is 7.28. The molecule has 1 aliphatic rings. The van der Waals surface area contributed by atoms with Crippen LogP contribution in [0.5, 0.6) is 0 Å². The lowest BCUT2D eigenvalue weighted by Crippen LogP contribution is -2.33. The molecule has 0 radical (unpaired) electrons. The smallest absolute Gasteiger partial charge is 0.281 e. The number of benzene rings is 2. The van der Waals surface area contributed by atoms with E-state index in [4.69, 9.17) is 11.6 Å². The molecule has 0 aliphatic heterocycles. The van der Waals surface area contributed by atoms with E-state index in [1.807, 2.05) is 4.72 Å². The number of nitrogens with one attached hydrogen (secondary N) is 1. The standard InChI is InChI=1S/C16H9ClN2O6S/c17-13-14(18-26(24,25)9-5-2-1-3-6-9)16(21)12-10(15(13)20)7-4-8-11(12)19(22)23/h1-8,18H. The Labute approximate surface area is 152 Å². The number of halogens is 1. The van der Waals surface area contributed by atoms with E-state index >= 15 is 0 Å². The maximum atomic E-state index is 12.7. The molecule has 3 rings (SSSR count). The Morgan fingerprint density at radius 3 is 2.23 bits per heavy atom. The van der Waals surface area contributed by atoms with E-state index in [1.54, 1.807) is 6.07 Å². The average molecular weight is 393 g/mol. The van der Waals surface area contributed by atoms with Gasteiger partial charge in [-0.2, -0.15) is 0 Å². The van der Waals surface area contributed by atoms with Crippen molar-refractivity contribution in [1.82, 2.24) is 4.72 Å². The number of ketones is 2. The van der Waals surface area contributed by atoms with Crippen LogP contribution in [0.3, 0.4) is 0 Å². The second kappa shape index (κ2) is 6.36. The maximum Gasteiger partial charge on any atom is 0.281 e. The van der Waals surface area contributed by atoms with Crippen LogP contribution in [-0.2, 0) is 10.0 Å². The van der Waals surface area contributed by atoms with Crippen LogP contribution in [0, 0.1) is 10.1 Å². The third-order valence-corrected chi connectivity index (χ3v) is 5.37. The van der Waals surface area contributed by atoms with Gasteiger partial charge in [0.25, 0.3) is 15.7 Å². The summed E-state index contributed by atoms with van der Waals surface area (Å²) in [6.45, 7) is 0. The van der Waals surface area contributed by atoms with Crippen molar-refractivity contribution < 1.29 is 22.9 Å². The molecular formula is C16H9ClN2O6S. The Morgan fingerprint density at radius 2 is 1.62 bits per heavy atom. The number of hydrogen-bond acceptors (Lipinski definition) is 6. The van der Waals surface area contributed by atoms with E-state index in [0.29, 0.717) is 0 Å². The van der Waals surface area contributed by atoms with Crippen molar-refractivity contribution in [3.63, 3.8) is 0 Å². The molecule has 0 fully saturated rings. The first-order valence-corrected chi connectivity index (χ1v) is 8.94. The molecule has 26 heavy (non-hydrogen) atoms. The quantitative estimate of drug-likeness (QED) is 0.629. The van der Waals surface area contributed by atoms with Gasteiger partial charge in [0.05, 0.1) is 9.82 Å². The largest absolute Gasteiger partial charge is 0.287 e. The Hall–Kier alpha value is -3.04. The number of carbonyl (C=O) groups is 2. The molecule has 0 atom stereocenters. The summed E-state index contributed by atoms with van der Waals surface area (Å²) in [4.78, 5) is 35.2. The summed E-state index contributed by atoms with van der Waals surface area (Å²) in [6, 6.07) is 10.6. The van der Waals surface area contributed by atoms with Crippen LogP contribution in [0.2, 0.25) is 0 Å². The van der Waals surface area contributed by atoms with Gasteiger partial charge in [0, 0.05) is 11.6 Å². The lowest BCUT2D eigenvalue weighted by atomic mass is 9.91. The fourth-order valence-electron chi connectivity index (χ4n) is 2.46. The van der Waals surface area contributed by atoms with Crippen molar-refractivity contribution in [3.8, 4) is 0 Å². The van der Waals surface area contributed by atoms with E-state index in [0.717, 1.165) is 6.07 Å². The first-order chi connectivity index (χ1) is 12.2. The van der Waals surface area contributed by atoms with Crippen LogP contribution < -0.4 is 4.72 Å². The van der Waals surface area contributed by atoms with Gasteiger partial charge in [0.2, 0.25) is 11.6 Å². The van der Waals surface area contributed by atoms with Gasteiger partial charge >= 0.3 is 0 Å². The molecule has 132 valence electrons. The predicted octanol–water partition coefficient (Wildman–Crippen LogP) is 2.40. The Balaban J connectivity index is 2.13. The topological polar surface area (TPSA) is 123 Å². The van der Waals surface area contributed by atoms with E-state index in [1.165, 1.54) is 36.4 Å². The van der Waals surface area contributed by atoms with Crippen molar-refractivity contribution >= 4 is 38.9 Å². The van der Waals surface area contributed by atoms with Crippen LogP contribution in [0.4, 0.5) is 5.69 Å². The van der Waals surface area contributed by atoms with Crippen molar-refractivity contribution in [2.24, 2.45) is 0 Å². The van der Waals surface area contributed by atoms with Crippen LogP contribution in [0.15, 0.2) is 64.2 Å². The molecule has 10 heteroatoms. The minimum Gasteiger partial charge on any atom is -0.287 e. The second-order valence-electron chi connectivity index (χ2n) is 5.22. The number of sulfonamides is 1. The number of carbonyl (C=O) groups excluding carboxylic acids is 2. The lowest BCUT2D eigenvalue weighted by molar-refractivity contribution is -0.385. The number of nitro groups is 1. The number of hydrogen-bond donors (Lipinski definition) is 1. The number of nitro benzene ring substituents is 1. The Morgan fingerprint density at radius 1 is 0.962 bits per heavy atom. The number of nitrogens with zero attached hydrogens (tertiary/aromatic N) is 1. The first kappa shape index (κ1) is 17.8. The highest BCUT2D eigenvalue weighted by Gasteiger charge is 2.38. The monoisotopic (exact) mass is 392 g/mol. The van der Waals surface area contributed by atoms with Gasteiger partial charge in [-0.1, -0.05) is 35.9 Å². The highest BCUT2D eigenvalue weighted by molar-refractivity contribution is 7.89. The molecule has 0 saturated heterocycles. The maximum absolute atomic E-state index is 12.7. The van der Waals surface area contributed by atoms with Gasteiger partial charge in [-0.3, -0.25) is 24.4 Å². The number of allylic oxidation sites excluding steroid dienone is 2. The summed E-state index contributed by atoms with van der Waals surface area (Å²) >= 11 is 5.89. The molecule has 0 heterocycles. The summed E-state index contributed by atoms with van der Waals surface area (Å²) in [7, 11) is -4.22. The van der Waals surface area contributed by atoms with Crippen molar-refractivity contribution in [1.29, 1.82) is 0 Å². The third kappa shape index (κ3) is 2.87. The van der Waals surface area contributed by atoms with Crippen molar-refractivity contribution in [2.45, 2.75) is 4.90 Å². The lowest BCUT2D eigenvalue weighted by Gasteiger charge is -2.18. The zero-order chi connectivity index (χ0) is 19.1. The summed E-state index contributed by atoms with van der Waals surface area (Å²) in [5.74, 6) is -1.92. The summed E-state index contributed by atoms with van der Waals surface area (Å²) in [5, 5.41) is 10.5. The molecule has 0 bridgehead atoms. The van der Waals surface area contributed by atoms with Crippen LogP contribution in [0.1, 0.15) is 20.7 Å². The summed E-state index contributed by atoms with van der Waals surface area (Å²) in [6.07, 6.45) is 0. The third-order valence-electron chi connectivity index (χ3n) is 3.65. The predicted molar refractivity (Wildman–Crippen MR) is 91.4 cm³/mol. The zero-order valence-electron chi connectivity index (χ0n) is 12.8. The molecule has 0 amide bonds. The van der Waals surface area contributed by atoms with Crippen LogP contribution >= 0.6 is 11.6 Å². The van der Waals surface area contributed by atoms with E-state index in [-0.39, 0.29) is 10.5 Å². The minimum absolute atomic E-state index is 0.162. The fraction of sp³-hybridized carbons (Fsp3) is 0. The van der Waals surface area contributed by atoms with Gasteiger partial charge in [0.15, 0.2) is 0 Å². The average Bonchev–Trinajstić information content (AvgIpc) is 2.63. The van der Waals surface area contributed by atoms with Gasteiger partial charge in [-0.05, 0) is 18.2 Å². The van der Waals surface area contributed by atoms with Gasteiger partial charge in [-0.25, -0.2) is 8.42 Å². The molecule has 2 aromatic carbocycles. The molecule has 8 nitrogen and oxygen atoms in total. The highest BCUT2D eigenvalue weighted by Crippen LogP contribution is 2.33. The Kier molecular flexibility index (Phi) is 4.34. The number of rotatable bonds is 4. The van der Waals surface area contributed by atoms with Crippen molar-refractivity contribution in [2.75, 3.05) is 0 Å². The number of Topliss-reactive ketones (excluding diaryl/α,β-unsaturated/α-hetero) is 2. The zero-order valence-corrected chi connectivity index (χ0v) is 14.4. The van der Waals surface area contributed by atoms with Crippen LogP contribution in [-0.4, -0.2) is 24.9 Å². The molecule has 1 N–H and O–H groups in total. The molecule has 0 saturated carbocycles. The van der Waals surface area contributed by atoms with E-state index in [2.05, 4.69) is 0 Å². The first-order valence-electron chi connectivity index (χ1n) is 7.08. The highest BCUT2D eigenvalue weighted by atomic mass is 35.5. The van der Waals surface area contributed by atoms with E-state index < -0.39 is 48.5 Å². The SMILES string of the molecule is O=C1C(Cl)=C(NS(=O)(=O)c2ccccc2)C(=O)c2c1cccc2[N+](=O)[O-]. The molecule has 2 aromatic rings. The van der Waals surface area contributed by atoms with Crippen molar-refractivity contribution in [3.05, 3.63) is 80.5 Å². The Bertz CT molecular complexity index is 1090. The fourth-order valence-corrected chi connectivity index (χ4v) is 3.85. The van der Waals surface area contributed by atoms with Gasteiger partial charge < -0.3 is 0 Å². The minimum atomic E-state index is -4.22. The normalized spacial score (nSPS) is 14.2. The van der Waals surface area contributed by atoms with Gasteiger partial charge in [-0.15, -0.1) is 0 Å². The van der Waals surface area contributed by atoms with E-state index in [9.17, 15) is 28.1 Å².